The van der Waals surface area contributed by atoms with E-state index in [9.17, 15) is 14.4 Å². The molecule has 0 saturated heterocycles. The summed E-state index contributed by atoms with van der Waals surface area (Å²) in [6, 6.07) is 10.7. The second-order valence-electron chi connectivity index (χ2n) is 6.82. The number of rotatable bonds is 11. The Hall–Kier alpha value is -2.71. The van der Waals surface area contributed by atoms with Crippen molar-refractivity contribution in [1.29, 1.82) is 0 Å². The Morgan fingerprint density at radius 1 is 0.848 bits per heavy atom. The predicted molar refractivity (Wildman–Crippen MR) is 134 cm³/mol. The van der Waals surface area contributed by atoms with Crippen LogP contribution in [0.25, 0.3) is 12.2 Å². The normalized spacial score (nSPS) is 11.2. The number of hydrogen-bond acceptors (Lipinski definition) is 6. The zero-order valence-electron chi connectivity index (χ0n) is 18.5. The van der Waals surface area contributed by atoms with Crippen molar-refractivity contribution in [2.45, 2.75) is 13.3 Å². The van der Waals surface area contributed by atoms with Gasteiger partial charge >= 0.3 is 5.97 Å². The average Bonchev–Trinajstić information content (AvgIpc) is 2.81. The van der Waals surface area contributed by atoms with Gasteiger partial charge in [0.2, 0.25) is 0 Å². The van der Waals surface area contributed by atoms with Gasteiger partial charge in [0.25, 0.3) is 0 Å². The molecule has 2 rings (SSSR count). The highest BCUT2D eigenvalue weighted by atomic mass is 79.9. The standard InChI is InChI=1S/C25H24Br2O6/c1-4-33-25(30)15-18(21(28)11-7-16-5-9-19(26)23(13-16)31-2)22(29)12-8-17-6-10-20(27)24(14-17)32-3/h5-14,18H,4,15H2,1-3H3/b11-7+,12-8+. The Labute approximate surface area is 209 Å². The van der Waals surface area contributed by atoms with Crippen LogP contribution in [0.2, 0.25) is 0 Å². The van der Waals surface area contributed by atoms with Gasteiger partial charge in [-0.1, -0.05) is 24.3 Å². The predicted octanol–water partition coefficient (Wildman–Crippen LogP) is 5.66. The summed E-state index contributed by atoms with van der Waals surface area (Å²) in [5.41, 5.74) is 1.42. The highest BCUT2D eigenvalue weighted by Gasteiger charge is 2.26. The first-order chi connectivity index (χ1) is 15.8. The van der Waals surface area contributed by atoms with Crippen molar-refractivity contribution in [1.82, 2.24) is 0 Å². The van der Waals surface area contributed by atoms with Crippen molar-refractivity contribution in [2.24, 2.45) is 5.92 Å². The zero-order chi connectivity index (χ0) is 24.4. The van der Waals surface area contributed by atoms with Crippen molar-refractivity contribution in [3.8, 4) is 11.5 Å². The first kappa shape index (κ1) is 26.5. The number of allylic oxidation sites excluding steroid dienone is 2. The SMILES string of the molecule is CCOC(=O)CC(C(=O)/C=C/c1ccc(Br)c(OC)c1)C(=O)/C=C/c1ccc(Br)c(OC)c1. The quantitative estimate of drug-likeness (QED) is 0.194. The molecule has 0 atom stereocenters. The molecule has 0 aliphatic rings. The summed E-state index contributed by atoms with van der Waals surface area (Å²) < 4.78 is 17.0. The van der Waals surface area contributed by atoms with Gasteiger partial charge < -0.3 is 14.2 Å². The molecular weight excluding hydrogens is 556 g/mol. The maximum absolute atomic E-state index is 12.9. The van der Waals surface area contributed by atoms with Gasteiger partial charge in [-0.3, -0.25) is 14.4 Å². The van der Waals surface area contributed by atoms with Crippen LogP contribution < -0.4 is 9.47 Å². The van der Waals surface area contributed by atoms with Gasteiger partial charge in [-0.25, -0.2) is 0 Å². The van der Waals surface area contributed by atoms with Crippen molar-refractivity contribution in [3.05, 3.63) is 68.6 Å². The lowest BCUT2D eigenvalue weighted by Gasteiger charge is -2.10. The Balaban J connectivity index is 2.24. The second kappa shape index (κ2) is 13.1. The molecule has 2 aromatic rings. The van der Waals surface area contributed by atoms with Crippen LogP contribution in [0, 0.1) is 5.92 Å². The molecule has 0 radical (unpaired) electrons. The van der Waals surface area contributed by atoms with E-state index in [0.717, 1.165) is 8.95 Å². The lowest BCUT2D eigenvalue weighted by molar-refractivity contribution is -0.147. The molecule has 0 fully saturated rings. The molecule has 0 aliphatic heterocycles. The molecule has 0 unspecified atom stereocenters. The first-order valence-corrected chi connectivity index (χ1v) is 11.6. The molecule has 174 valence electrons. The van der Waals surface area contributed by atoms with Crippen molar-refractivity contribution < 1.29 is 28.6 Å². The van der Waals surface area contributed by atoms with Crippen LogP contribution >= 0.6 is 31.9 Å². The second-order valence-corrected chi connectivity index (χ2v) is 8.53. The molecule has 2 aromatic carbocycles. The summed E-state index contributed by atoms with van der Waals surface area (Å²) in [5, 5.41) is 0. The number of methoxy groups -OCH3 is 2. The number of carbonyl (C=O) groups is 3. The molecule has 0 heterocycles. The van der Waals surface area contributed by atoms with Gasteiger partial charge in [0.05, 0.1) is 42.1 Å². The van der Waals surface area contributed by atoms with E-state index in [2.05, 4.69) is 31.9 Å². The van der Waals surface area contributed by atoms with Crippen molar-refractivity contribution in [3.63, 3.8) is 0 Å². The van der Waals surface area contributed by atoms with Crippen LogP contribution in [0.4, 0.5) is 0 Å². The fourth-order valence-electron chi connectivity index (χ4n) is 2.88. The number of carbonyl (C=O) groups excluding carboxylic acids is 3. The van der Waals surface area contributed by atoms with E-state index in [1.165, 1.54) is 12.2 Å². The van der Waals surface area contributed by atoms with Crippen LogP contribution in [0.5, 0.6) is 11.5 Å². The van der Waals surface area contributed by atoms with Crippen LogP contribution in [-0.4, -0.2) is 38.4 Å². The fraction of sp³-hybridized carbons (Fsp3) is 0.240. The number of benzene rings is 2. The van der Waals surface area contributed by atoms with Gasteiger partial charge in [-0.05, 0) is 86.3 Å². The number of esters is 1. The third-order valence-electron chi connectivity index (χ3n) is 4.59. The Bertz CT molecular complexity index is 999. The third-order valence-corrected chi connectivity index (χ3v) is 5.90. The monoisotopic (exact) mass is 578 g/mol. The van der Waals surface area contributed by atoms with Crippen molar-refractivity contribution in [2.75, 3.05) is 20.8 Å². The zero-order valence-corrected chi connectivity index (χ0v) is 21.6. The molecule has 0 N–H and O–H groups in total. The molecule has 0 bridgehead atoms. The molecule has 0 saturated carbocycles. The molecular formula is C25H24Br2O6. The maximum Gasteiger partial charge on any atom is 0.306 e. The number of ketones is 2. The average molecular weight is 580 g/mol. The summed E-state index contributed by atoms with van der Waals surface area (Å²) in [5.74, 6) is -1.57. The van der Waals surface area contributed by atoms with E-state index in [1.54, 1.807) is 69.7 Å². The molecule has 33 heavy (non-hydrogen) atoms. The number of ether oxygens (including phenoxy) is 3. The lowest BCUT2D eigenvalue weighted by atomic mass is 9.93. The minimum absolute atomic E-state index is 0.164. The van der Waals surface area contributed by atoms with Gasteiger partial charge in [-0.15, -0.1) is 0 Å². The Morgan fingerprint density at radius 3 is 1.70 bits per heavy atom. The minimum Gasteiger partial charge on any atom is -0.496 e. The van der Waals surface area contributed by atoms with E-state index < -0.39 is 23.5 Å². The summed E-state index contributed by atoms with van der Waals surface area (Å²) in [4.78, 5) is 37.8. The summed E-state index contributed by atoms with van der Waals surface area (Å²) >= 11 is 6.75. The van der Waals surface area contributed by atoms with Crippen LogP contribution in [0.3, 0.4) is 0 Å². The number of hydrogen-bond donors (Lipinski definition) is 0. The van der Waals surface area contributed by atoms with Crippen molar-refractivity contribution >= 4 is 61.5 Å². The molecule has 0 aromatic heterocycles. The van der Waals surface area contributed by atoms with E-state index in [0.29, 0.717) is 22.6 Å². The van der Waals surface area contributed by atoms with Gasteiger partial charge in [-0.2, -0.15) is 0 Å². The maximum atomic E-state index is 12.9. The topological polar surface area (TPSA) is 78.9 Å². The molecule has 8 heteroatoms. The Morgan fingerprint density at radius 2 is 1.30 bits per heavy atom. The largest absolute Gasteiger partial charge is 0.496 e. The van der Waals surface area contributed by atoms with E-state index in [1.807, 2.05) is 0 Å². The highest BCUT2D eigenvalue weighted by Crippen LogP contribution is 2.27. The fourth-order valence-corrected chi connectivity index (χ4v) is 3.69. The van der Waals surface area contributed by atoms with Crippen LogP contribution in [0.15, 0.2) is 57.5 Å². The van der Waals surface area contributed by atoms with E-state index >= 15 is 0 Å². The third kappa shape index (κ3) is 7.98. The van der Waals surface area contributed by atoms with Crippen LogP contribution in [-0.2, 0) is 19.1 Å². The number of halogens is 2. The minimum atomic E-state index is -1.19. The van der Waals surface area contributed by atoms with E-state index in [4.69, 9.17) is 14.2 Å². The molecule has 0 spiro atoms. The summed E-state index contributed by atoms with van der Waals surface area (Å²) in [7, 11) is 3.08. The first-order valence-electron chi connectivity index (χ1n) is 10.1. The van der Waals surface area contributed by atoms with E-state index in [-0.39, 0.29) is 13.0 Å². The van der Waals surface area contributed by atoms with Gasteiger partial charge in [0, 0.05) is 0 Å². The highest BCUT2D eigenvalue weighted by molar-refractivity contribution is 9.10. The summed E-state index contributed by atoms with van der Waals surface area (Å²) in [6.07, 6.45) is 5.40. The molecule has 0 amide bonds. The Kier molecular flexibility index (Phi) is 10.5. The summed E-state index contributed by atoms with van der Waals surface area (Å²) in [6.45, 7) is 1.83. The van der Waals surface area contributed by atoms with Crippen LogP contribution in [0.1, 0.15) is 24.5 Å². The molecule has 6 nitrogen and oxygen atoms in total. The van der Waals surface area contributed by atoms with Gasteiger partial charge in [0.1, 0.15) is 11.5 Å². The lowest BCUT2D eigenvalue weighted by Crippen LogP contribution is -2.25. The smallest absolute Gasteiger partial charge is 0.306 e. The van der Waals surface area contributed by atoms with Gasteiger partial charge in [0.15, 0.2) is 11.6 Å². The molecule has 0 aliphatic carbocycles.